The van der Waals surface area contributed by atoms with Gasteiger partial charge in [0.1, 0.15) is 23.9 Å². The maximum Gasteiger partial charge on any atom is 0.327 e. The van der Waals surface area contributed by atoms with E-state index in [1.54, 1.807) is 36.4 Å². The first-order valence-electron chi connectivity index (χ1n) is 17.6. The Morgan fingerprint density at radius 2 is 1.13 bits per heavy atom. The van der Waals surface area contributed by atoms with E-state index in [0.717, 1.165) is 0 Å². The van der Waals surface area contributed by atoms with Crippen LogP contribution in [0.3, 0.4) is 0 Å². The van der Waals surface area contributed by atoms with E-state index in [0.29, 0.717) is 43.1 Å². The largest absolute Gasteiger partial charge is 0.508 e. The number of aliphatic carboxylic acids is 2. The smallest absolute Gasteiger partial charge is 0.327 e. The van der Waals surface area contributed by atoms with Crippen molar-refractivity contribution in [3.8, 4) is 5.75 Å². The summed E-state index contributed by atoms with van der Waals surface area (Å²) in [5.41, 5.74) is 1.31. The van der Waals surface area contributed by atoms with Crippen molar-refractivity contribution in [2.24, 2.45) is 11.3 Å². The normalized spacial score (nSPS) is 15.4. The third-order valence-electron chi connectivity index (χ3n) is 8.35. The van der Waals surface area contributed by atoms with Crippen molar-refractivity contribution in [2.75, 3.05) is 49.9 Å². The van der Waals surface area contributed by atoms with Crippen molar-refractivity contribution in [1.82, 2.24) is 25.8 Å². The molecule has 1 aliphatic rings. The van der Waals surface area contributed by atoms with Crippen LogP contribution in [-0.2, 0) is 30.4 Å². The van der Waals surface area contributed by atoms with Crippen LogP contribution in [0.2, 0.25) is 0 Å². The first kappa shape index (κ1) is 42.2. The molecule has 2 aromatic rings. The van der Waals surface area contributed by atoms with Crippen molar-refractivity contribution < 1.29 is 44.1 Å². The van der Waals surface area contributed by atoms with E-state index < -0.39 is 47.9 Å². The fourth-order valence-corrected chi connectivity index (χ4v) is 5.72. The number of benzene rings is 2. The number of nitrogens with one attached hydrogen (secondary N) is 5. The highest BCUT2D eigenvalue weighted by molar-refractivity contribution is 5.99. The van der Waals surface area contributed by atoms with Gasteiger partial charge in [-0.2, -0.15) is 0 Å². The van der Waals surface area contributed by atoms with E-state index in [9.17, 15) is 44.1 Å². The number of amides is 5. The molecule has 290 valence electrons. The number of carboxylic acids is 2. The van der Waals surface area contributed by atoms with Gasteiger partial charge in [0.2, 0.25) is 17.7 Å². The predicted molar refractivity (Wildman–Crippen MR) is 198 cm³/mol. The molecule has 1 saturated heterocycles. The Morgan fingerprint density at radius 3 is 1.58 bits per heavy atom. The van der Waals surface area contributed by atoms with E-state index in [4.69, 9.17) is 0 Å². The lowest BCUT2D eigenvalue weighted by molar-refractivity contribution is -0.143. The molecule has 0 bridgehead atoms. The lowest BCUT2D eigenvalue weighted by Gasteiger charge is -2.37. The van der Waals surface area contributed by atoms with Crippen molar-refractivity contribution >= 4 is 47.1 Å². The molecule has 16 nitrogen and oxygen atoms in total. The molecule has 0 aromatic heterocycles. The summed E-state index contributed by atoms with van der Waals surface area (Å²) in [6.45, 7) is 11.3. The second-order valence-electron chi connectivity index (χ2n) is 14.9. The molecule has 2 aromatic carbocycles. The van der Waals surface area contributed by atoms with Crippen molar-refractivity contribution in [2.45, 2.75) is 72.0 Å². The van der Waals surface area contributed by atoms with Crippen LogP contribution in [0.25, 0.3) is 0 Å². The number of nitrogens with zero attached hydrogens (tertiary/aromatic N) is 2. The minimum Gasteiger partial charge on any atom is -0.508 e. The van der Waals surface area contributed by atoms with Gasteiger partial charge >= 0.3 is 18.0 Å². The lowest BCUT2D eigenvalue weighted by atomic mass is 9.92. The number of phenolic OH excluding ortho intramolecular Hbond substituents is 1. The van der Waals surface area contributed by atoms with Gasteiger partial charge in [-0.1, -0.05) is 46.8 Å². The molecule has 1 fully saturated rings. The summed E-state index contributed by atoms with van der Waals surface area (Å²) in [6.07, 6.45) is 0.407. The number of urea groups is 1. The van der Waals surface area contributed by atoms with Gasteiger partial charge in [-0.15, -0.1) is 0 Å². The molecule has 0 spiro atoms. The van der Waals surface area contributed by atoms with Crippen LogP contribution >= 0.6 is 0 Å². The summed E-state index contributed by atoms with van der Waals surface area (Å²) >= 11 is 0. The number of phenols is 1. The standard InChI is InChI=1S/C37H53N7O9/c1-23(2)18-28(40-31(46)19-24-6-8-25(9-7-24)38-36(53)39-26-10-12-27(45)13-11-26)33(48)42-30(35(51)52)22-44-16-14-43(15-17-44)21-29(34(49)50)41-32(47)20-37(3,4)5/h6-13,23,28-30,45H,14-22H2,1-5H3,(H,40,46)(H,41,47)(H,42,48)(H,49,50)(H,51,52)(H2,38,39,53). The molecule has 8 N–H and O–H groups in total. The van der Waals surface area contributed by atoms with E-state index in [2.05, 4.69) is 26.6 Å². The molecular weight excluding hydrogens is 686 g/mol. The third kappa shape index (κ3) is 15.5. The zero-order valence-electron chi connectivity index (χ0n) is 31.0. The maximum absolute atomic E-state index is 13.4. The third-order valence-corrected chi connectivity index (χ3v) is 8.35. The SMILES string of the molecule is CC(C)CC(NC(=O)Cc1ccc(NC(=O)Nc2ccc(O)cc2)cc1)C(=O)NC(CN1CCN(CC(NC(=O)CC(C)(C)C)C(=O)O)CC1)C(=O)O. The average molecular weight is 740 g/mol. The number of anilines is 2. The Bertz CT molecular complexity index is 1570. The van der Waals surface area contributed by atoms with E-state index in [-0.39, 0.29) is 55.3 Å². The number of carbonyl (C=O) groups excluding carboxylic acids is 4. The lowest BCUT2D eigenvalue weighted by Crippen LogP contribution is -2.58. The fraction of sp³-hybridized carbons (Fsp3) is 0.514. The van der Waals surface area contributed by atoms with Crippen LogP contribution in [-0.4, -0.2) is 118 Å². The summed E-state index contributed by atoms with van der Waals surface area (Å²) in [4.78, 5) is 78.9. The van der Waals surface area contributed by atoms with Crippen LogP contribution in [0, 0.1) is 11.3 Å². The Kier molecular flexibility index (Phi) is 15.6. The van der Waals surface area contributed by atoms with Gasteiger partial charge in [0.25, 0.3) is 0 Å². The average Bonchev–Trinajstić information content (AvgIpc) is 3.05. The van der Waals surface area contributed by atoms with E-state index >= 15 is 0 Å². The number of piperazine rings is 1. The zero-order valence-corrected chi connectivity index (χ0v) is 31.0. The number of hydrogen-bond donors (Lipinski definition) is 8. The topological polar surface area (TPSA) is 230 Å². The Labute approximate surface area is 309 Å². The van der Waals surface area contributed by atoms with Gasteiger partial charge in [0.05, 0.1) is 6.42 Å². The molecule has 1 heterocycles. The molecule has 1 aliphatic heterocycles. The van der Waals surface area contributed by atoms with Crippen molar-refractivity contribution in [1.29, 1.82) is 0 Å². The van der Waals surface area contributed by atoms with Gasteiger partial charge < -0.3 is 41.9 Å². The number of rotatable bonds is 17. The minimum atomic E-state index is -1.25. The van der Waals surface area contributed by atoms with Gasteiger partial charge in [0.15, 0.2) is 0 Å². The van der Waals surface area contributed by atoms with E-state index in [1.807, 2.05) is 44.4 Å². The highest BCUT2D eigenvalue weighted by atomic mass is 16.4. The molecule has 53 heavy (non-hydrogen) atoms. The molecule has 0 saturated carbocycles. The predicted octanol–water partition coefficient (Wildman–Crippen LogP) is 2.30. The van der Waals surface area contributed by atoms with Crippen molar-refractivity contribution in [3.63, 3.8) is 0 Å². The van der Waals surface area contributed by atoms with Crippen LogP contribution < -0.4 is 26.6 Å². The molecular formula is C37H53N7O9. The second kappa shape index (κ2) is 19.6. The highest BCUT2D eigenvalue weighted by Gasteiger charge is 2.31. The monoisotopic (exact) mass is 739 g/mol. The van der Waals surface area contributed by atoms with Crippen LogP contribution in [0.1, 0.15) is 53.0 Å². The number of carbonyl (C=O) groups is 6. The fourth-order valence-electron chi connectivity index (χ4n) is 5.72. The first-order valence-corrected chi connectivity index (χ1v) is 17.6. The minimum absolute atomic E-state index is 0.00774. The zero-order chi connectivity index (χ0) is 39.3. The number of hydrogen-bond acceptors (Lipinski definition) is 9. The van der Waals surface area contributed by atoms with Gasteiger partial charge in [-0.05, 0) is 59.7 Å². The molecule has 3 unspecified atom stereocenters. The first-order chi connectivity index (χ1) is 24.9. The quantitative estimate of drug-likeness (QED) is 0.110. The number of carboxylic acid groups (broad SMARTS) is 2. The highest BCUT2D eigenvalue weighted by Crippen LogP contribution is 2.18. The summed E-state index contributed by atoms with van der Waals surface area (Å²) in [7, 11) is 0. The summed E-state index contributed by atoms with van der Waals surface area (Å²) in [5.74, 6) is -3.67. The van der Waals surface area contributed by atoms with E-state index in [1.165, 1.54) is 12.1 Å². The van der Waals surface area contributed by atoms with Crippen LogP contribution in [0.5, 0.6) is 5.75 Å². The van der Waals surface area contributed by atoms with Gasteiger partial charge in [-0.3, -0.25) is 24.2 Å². The molecule has 3 rings (SSSR count). The van der Waals surface area contributed by atoms with Crippen LogP contribution in [0.4, 0.5) is 16.2 Å². The molecule has 0 aliphatic carbocycles. The summed E-state index contributed by atoms with van der Waals surface area (Å²) < 4.78 is 0. The Morgan fingerprint density at radius 1 is 0.679 bits per heavy atom. The Hall–Kier alpha value is -5.22. The summed E-state index contributed by atoms with van der Waals surface area (Å²) in [5, 5.41) is 42.3. The number of aromatic hydroxyl groups is 1. The molecule has 3 atom stereocenters. The molecule has 0 radical (unpaired) electrons. The second-order valence-corrected chi connectivity index (χ2v) is 14.9. The van der Waals surface area contributed by atoms with Crippen LogP contribution in [0.15, 0.2) is 48.5 Å². The molecule has 5 amide bonds. The van der Waals surface area contributed by atoms with Crippen molar-refractivity contribution in [3.05, 3.63) is 54.1 Å². The Balaban J connectivity index is 1.50. The van der Waals surface area contributed by atoms with Gasteiger partial charge in [0, 0.05) is 57.1 Å². The van der Waals surface area contributed by atoms with Gasteiger partial charge in [-0.25, -0.2) is 14.4 Å². The summed E-state index contributed by atoms with van der Waals surface area (Å²) in [6, 6.07) is 8.78. The molecule has 16 heteroatoms. The maximum atomic E-state index is 13.4.